The largest absolute Gasteiger partial charge is 0.497 e. The van der Waals surface area contributed by atoms with Gasteiger partial charge in [0.25, 0.3) is 0 Å². The number of methoxy groups -OCH3 is 2. The van der Waals surface area contributed by atoms with Crippen molar-refractivity contribution in [1.82, 2.24) is 4.72 Å². The maximum absolute atomic E-state index is 12.9. The fraction of sp³-hybridized carbons (Fsp3) is 0.381. The van der Waals surface area contributed by atoms with Crippen LogP contribution in [0.15, 0.2) is 53.4 Å². The Kier molecular flexibility index (Phi) is 6.85. The van der Waals surface area contributed by atoms with Gasteiger partial charge < -0.3 is 9.47 Å². The summed E-state index contributed by atoms with van der Waals surface area (Å²) in [5.74, 6) is 0.213. The minimum Gasteiger partial charge on any atom is -0.497 e. The molecule has 0 saturated carbocycles. The first-order chi connectivity index (χ1) is 13.1. The van der Waals surface area contributed by atoms with Gasteiger partial charge in [-0.3, -0.25) is 4.79 Å². The molecule has 0 spiro atoms. The van der Waals surface area contributed by atoms with E-state index in [1.165, 1.54) is 7.11 Å². The molecule has 152 valence electrons. The van der Waals surface area contributed by atoms with E-state index in [0.29, 0.717) is 12.2 Å². The smallest absolute Gasteiger partial charge is 0.312 e. The van der Waals surface area contributed by atoms with Crippen molar-refractivity contribution in [3.8, 4) is 5.75 Å². The highest BCUT2D eigenvalue weighted by Crippen LogP contribution is 2.28. The molecule has 0 aliphatic carbocycles. The predicted molar refractivity (Wildman–Crippen MR) is 108 cm³/mol. The van der Waals surface area contributed by atoms with Crippen molar-refractivity contribution in [2.24, 2.45) is 5.41 Å². The van der Waals surface area contributed by atoms with Gasteiger partial charge in [0, 0.05) is 6.04 Å². The van der Waals surface area contributed by atoms with E-state index in [-0.39, 0.29) is 4.90 Å². The Hall–Kier alpha value is -2.38. The van der Waals surface area contributed by atoms with Gasteiger partial charge in [0.2, 0.25) is 10.0 Å². The Morgan fingerprint density at radius 2 is 1.61 bits per heavy atom. The number of carbonyl (C=O) groups is 1. The number of esters is 1. The molecule has 1 atom stereocenters. The van der Waals surface area contributed by atoms with Gasteiger partial charge in [0.1, 0.15) is 5.75 Å². The fourth-order valence-electron chi connectivity index (χ4n) is 2.82. The number of sulfonamides is 1. The zero-order chi connectivity index (χ0) is 20.9. The molecule has 6 nitrogen and oxygen atoms in total. The van der Waals surface area contributed by atoms with Crippen LogP contribution in [0.1, 0.15) is 25.0 Å². The lowest BCUT2D eigenvalue weighted by molar-refractivity contribution is -0.152. The average Bonchev–Trinajstić information content (AvgIpc) is 2.67. The van der Waals surface area contributed by atoms with E-state index in [1.807, 2.05) is 19.1 Å². The van der Waals surface area contributed by atoms with E-state index in [1.54, 1.807) is 57.4 Å². The summed E-state index contributed by atoms with van der Waals surface area (Å²) in [6.07, 6.45) is 0.317. The molecule has 2 aromatic carbocycles. The molecule has 2 rings (SSSR count). The molecule has 0 radical (unpaired) electrons. The van der Waals surface area contributed by atoms with Gasteiger partial charge in [0.05, 0.1) is 24.5 Å². The number of rotatable bonds is 8. The van der Waals surface area contributed by atoms with Crippen LogP contribution < -0.4 is 9.46 Å². The van der Waals surface area contributed by atoms with Crippen LogP contribution in [0, 0.1) is 12.3 Å². The first kappa shape index (κ1) is 21.9. The van der Waals surface area contributed by atoms with Crippen molar-refractivity contribution >= 4 is 16.0 Å². The Bertz CT molecular complexity index is 903. The van der Waals surface area contributed by atoms with Crippen LogP contribution in [0.2, 0.25) is 0 Å². The molecule has 0 fully saturated rings. The van der Waals surface area contributed by atoms with E-state index in [0.717, 1.165) is 11.1 Å². The maximum atomic E-state index is 12.9. The van der Waals surface area contributed by atoms with E-state index in [2.05, 4.69) is 4.72 Å². The molecule has 0 aliphatic heterocycles. The normalized spacial score (nSPS) is 13.0. The lowest BCUT2D eigenvalue weighted by atomic mass is 9.81. The summed E-state index contributed by atoms with van der Waals surface area (Å²) in [5.41, 5.74) is 0.755. The number of aryl methyl sites for hydroxylation is 1. The van der Waals surface area contributed by atoms with Gasteiger partial charge in [-0.1, -0.05) is 29.8 Å². The standard InChI is InChI=1S/C21H27NO5S/c1-15-6-12-18(13-7-15)28(24,25)22-19(21(2,3)20(23)27-5)14-16-8-10-17(26-4)11-9-16/h6-13,19,22H,14H2,1-5H3. The third kappa shape index (κ3) is 5.11. The Morgan fingerprint density at radius 1 is 1.04 bits per heavy atom. The number of carbonyl (C=O) groups excluding carboxylic acids is 1. The number of hydrogen-bond acceptors (Lipinski definition) is 5. The summed E-state index contributed by atoms with van der Waals surface area (Å²) in [5, 5.41) is 0. The molecule has 28 heavy (non-hydrogen) atoms. The minimum atomic E-state index is -3.82. The second-order valence-corrected chi connectivity index (χ2v) is 8.97. The van der Waals surface area contributed by atoms with Crippen molar-refractivity contribution in [2.75, 3.05) is 14.2 Å². The number of hydrogen-bond donors (Lipinski definition) is 1. The molecule has 0 bridgehead atoms. The monoisotopic (exact) mass is 405 g/mol. The van der Waals surface area contributed by atoms with Crippen LogP contribution in [0.4, 0.5) is 0 Å². The SMILES string of the molecule is COC(=O)C(C)(C)C(Cc1ccc(OC)cc1)NS(=O)(=O)c1ccc(C)cc1. The number of ether oxygens (including phenoxy) is 2. The maximum Gasteiger partial charge on any atom is 0.312 e. The van der Waals surface area contributed by atoms with Crippen molar-refractivity contribution in [1.29, 1.82) is 0 Å². The second-order valence-electron chi connectivity index (χ2n) is 7.25. The molecule has 1 unspecified atom stereocenters. The highest BCUT2D eigenvalue weighted by atomic mass is 32.2. The average molecular weight is 406 g/mol. The fourth-order valence-corrected chi connectivity index (χ4v) is 4.20. The van der Waals surface area contributed by atoms with E-state index in [4.69, 9.17) is 9.47 Å². The van der Waals surface area contributed by atoms with Crippen molar-refractivity contribution in [3.63, 3.8) is 0 Å². The summed E-state index contributed by atoms with van der Waals surface area (Å²) < 4.78 is 38.6. The van der Waals surface area contributed by atoms with Gasteiger partial charge in [-0.05, 0) is 57.0 Å². The summed E-state index contributed by atoms with van der Waals surface area (Å²) in [4.78, 5) is 12.5. The topological polar surface area (TPSA) is 81.7 Å². The van der Waals surface area contributed by atoms with E-state index < -0.39 is 27.4 Å². The summed E-state index contributed by atoms with van der Waals surface area (Å²) >= 11 is 0. The molecule has 2 aromatic rings. The predicted octanol–water partition coefficient (Wildman–Crippen LogP) is 3.09. The van der Waals surface area contributed by atoms with Crippen LogP contribution >= 0.6 is 0 Å². The molecule has 0 aromatic heterocycles. The van der Waals surface area contributed by atoms with Gasteiger partial charge in [0.15, 0.2) is 0 Å². The Morgan fingerprint density at radius 3 is 2.11 bits per heavy atom. The lowest BCUT2D eigenvalue weighted by Gasteiger charge is -2.32. The van der Waals surface area contributed by atoms with Gasteiger partial charge in [-0.2, -0.15) is 0 Å². The van der Waals surface area contributed by atoms with Crippen molar-refractivity contribution in [2.45, 2.75) is 38.1 Å². The zero-order valence-electron chi connectivity index (χ0n) is 16.9. The summed E-state index contributed by atoms with van der Waals surface area (Å²) in [6, 6.07) is 13.1. The van der Waals surface area contributed by atoms with Crippen LogP contribution in [0.3, 0.4) is 0 Å². The van der Waals surface area contributed by atoms with Crippen LogP contribution in [-0.4, -0.2) is 34.6 Å². The quantitative estimate of drug-likeness (QED) is 0.683. The Labute approximate surface area is 166 Å². The first-order valence-electron chi connectivity index (χ1n) is 8.90. The molecule has 1 N–H and O–H groups in total. The highest BCUT2D eigenvalue weighted by molar-refractivity contribution is 7.89. The summed E-state index contributed by atoms with van der Waals surface area (Å²) in [7, 11) is -0.945. The molecule has 0 saturated heterocycles. The van der Waals surface area contributed by atoms with Crippen molar-refractivity contribution < 1.29 is 22.7 Å². The van der Waals surface area contributed by atoms with E-state index in [9.17, 15) is 13.2 Å². The number of benzene rings is 2. The van der Waals surface area contributed by atoms with Gasteiger partial charge >= 0.3 is 5.97 Å². The molecule has 0 aliphatic rings. The van der Waals surface area contributed by atoms with Crippen molar-refractivity contribution in [3.05, 3.63) is 59.7 Å². The summed E-state index contributed by atoms with van der Waals surface area (Å²) in [6.45, 7) is 5.23. The third-order valence-electron chi connectivity index (χ3n) is 4.81. The molecule has 0 amide bonds. The van der Waals surface area contributed by atoms with Crippen LogP contribution in [-0.2, 0) is 26.0 Å². The van der Waals surface area contributed by atoms with Gasteiger partial charge in [-0.15, -0.1) is 0 Å². The third-order valence-corrected chi connectivity index (χ3v) is 6.30. The minimum absolute atomic E-state index is 0.151. The zero-order valence-corrected chi connectivity index (χ0v) is 17.7. The highest BCUT2D eigenvalue weighted by Gasteiger charge is 2.40. The van der Waals surface area contributed by atoms with Gasteiger partial charge in [-0.25, -0.2) is 13.1 Å². The number of nitrogens with one attached hydrogen (secondary N) is 1. The second kappa shape index (κ2) is 8.75. The molecular weight excluding hydrogens is 378 g/mol. The lowest BCUT2D eigenvalue weighted by Crippen LogP contribution is -2.50. The molecular formula is C21H27NO5S. The molecule has 0 heterocycles. The Balaban J connectivity index is 2.36. The van der Waals surface area contributed by atoms with Crippen LogP contribution in [0.25, 0.3) is 0 Å². The van der Waals surface area contributed by atoms with E-state index >= 15 is 0 Å². The van der Waals surface area contributed by atoms with Crippen LogP contribution in [0.5, 0.6) is 5.75 Å². The first-order valence-corrected chi connectivity index (χ1v) is 10.4. The molecule has 7 heteroatoms.